The zero-order valence-corrected chi connectivity index (χ0v) is 12.9. The van der Waals surface area contributed by atoms with E-state index in [2.05, 4.69) is 4.98 Å². The van der Waals surface area contributed by atoms with Crippen LogP contribution in [0.3, 0.4) is 0 Å². The minimum atomic E-state index is -1.22. The van der Waals surface area contributed by atoms with Crippen molar-refractivity contribution in [2.75, 3.05) is 6.61 Å². The van der Waals surface area contributed by atoms with Crippen LogP contribution in [0.2, 0.25) is 10.0 Å². The third kappa shape index (κ3) is 2.39. The highest BCUT2D eigenvalue weighted by atomic mass is 35.5. The number of nitrogens with one attached hydrogen (secondary N) is 1. The molecule has 0 unspecified atom stereocenters. The molecule has 1 aromatic carbocycles. The largest absolute Gasteiger partial charge is 0.394 e. The number of hydrogen-bond donors (Lipinski definition) is 4. The standard InChI is InChI=1S/C12H12Cl2N2O4S/c13-4-1-6-7(2-5(4)14)16(12(21)15-6)11-10(19)9(18)8(3-17)20-11/h1-2,8-11,17-19H,3H2,(H,15,21)/t8-,9-,10-,11+/m0/s1. The smallest absolute Gasteiger partial charge is 0.180 e. The summed E-state index contributed by atoms with van der Waals surface area (Å²) in [4.78, 5) is 2.94. The van der Waals surface area contributed by atoms with Crippen molar-refractivity contribution in [3.63, 3.8) is 0 Å². The molecular weight excluding hydrogens is 339 g/mol. The van der Waals surface area contributed by atoms with Gasteiger partial charge in [0.05, 0.1) is 27.7 Å². The van der Waals surface area contributed by atoms with Gasteiger partial charge < -0.3 is 25.0 Å². The predicted molar refractivity (Wildman–Crippen MR) is 80.2 cm³/mol. The number of ether oxygens (including phenoxy) is 1. The van der Waals surface area contributed by atoms with Crippen LogP contribution >= 0.6 is 35.4 Å². The summed E-state index contributed by atoms with van der Waals surface area (Å²) in [7, 11) is 0. The number of fused-ring (bicyclic) bond motifs is 1. The fourth-order valence-electron chi connectivity index (χ4n) is 2.47. The first-order chi connectivity index (χ1) is 9.93. The zero-order chi connectivity index (χ0) is 15.3. The highest BCUT2D eigenvalue weighted by Gasteiger charge is 2.44. The third-order valence-corrected chi connectivity index (χ3v) is 4.55. The van der Waals surface area contributed by atoms with Crippen LogP contribution < -0.4 is 0 Å². The normalized spacial score (nSPS) is 29.4. The minimum Gasteiger partial charge on any atom is -0.394 e. The molecule has 1 aliphatic heterocycles. The van der Waals surface area contributed by atoms with Crippen molar-refractivity contribution in [1.82, 2.24) is 9.55 Å². The SMILES string of the molecule is OC[C@@H]1O[C@@H](n2c(=S)[nH]c3cc(Cl)c(Cl)cc32)[C@@H](O)[C@H]1O. The Morgan fingerprint density at radius 3 is 2.52 bits per heavy atom. The Balaban J connectivity index is 2.15. The molecule has 2 aromatic rings. The maximum atomic E-state index is 10.1. The van der Waals surface area contributed by atoms with Gasteiger partial charge in [0.1, 0.15) is 18.3 Å². The number of imidazole rings is 1. The van der Waals surface area contributed by atoms with Crippen LogP contribution in [0.15, 0.2) is 12.1 Å². The molecule has 0 amide bonds. The van der Waals surface area contributed by atoms with Crippen molar-refractivity contribution in [2.45, 2.75) is 24.5 Å². The van der Waals surface area contributed by atoms with Crippen LogP contribution in [0.5, 0.6) is 0 Å². The lowest BCUT2D eigenvalue weighted by Crippen LogP contribution is -2.33. The number of aliphatic hydroxyl groups is 3. The molecule has 9 heteroatoms. The summed E-state index contributed by atoms with van der Waals surface area (Å²) in [6.07, 6.45) is -4.22. The van der Waals surface area contributed by atoms with Gasteiger partial charge in [-0.3, -0.25) is 4.57 Å². The van der Waals surface area contributed by atoms with E-state index in [0.29, 0.717) is 21.1 Å². The molecule has 1 fully saturated rings. The molecule has 0 saturated carbocycles. The van der Waals surface area contributed by atoms with E-state index in [0.717, 1.165) is 0 Å². The number of H-pyrrole nitrogens is 1. The van der Waals surface area contributed by atoms with Crippen molar-refractivity contribution in [3.8, 4) is 0 Å². The molecule has 2 heterocycles. The molecule has 0 radical (unpaired) electrons. The summed E-state index contributed by atoms with van der Waals surface area (Å²) in [6.45, 7) is -0.406. The van der Waals surface area contributed by atoms with Crippen molar-refractivity contribution < 1.29 is 20.1 Å². The molecule has 0 aliphatic carbocycles. The average Bonchev–Trinajstić information content (AvgIpc) is 2.89. The average molecular weight is 351 g/mol. The highest BCUT2D eigenvalue weighted by Crippen LogP contribution is 2.34. The van der Waals surface area contributed by atoms with Crippen molar-refractivity contribution >= 4 is 46.5 Å². The number of aromatic amines is 1. The van der Waals surface area contributed by atoms with E-state index < -0.39 is 31.1 Å². The van der Waals surface area contributed by atoms with Crippen LogP contribution in [0.1, 0.15) is 6.23 Å². The lowest BCUT2D eigenvalue weighted by molar-refractivity contribution is -0.0514. The van der Waals surface area contributed by atoms with Gasteiger partial charge in [-0.15, -0.1) is 0 Å². The van der Waals surface area contributed by atoms with Gasteiger partial charge in [-0.25, -0.2) is 0 Å². The Labute approximate surface area is 134 Å². The highest BCUT2D eigenvalue weighted by molar-refractivity contribution is 7.71. The van der Waals surface area contributed by atoms with Gasteiger partial charge in [-0.05, 0) is 24.4 Å². The minimum absolute atomic E-state index is 0.290. The van der Waals surface area contributed by atoms with Crippen LogP contribution in [0.25, 0.3) is 11.0 Å². The van der Waals surface area contributed by atoms with Crippen LogP contribution in [0, 0.1) is 4.77 Å². The molecule has 21 heavy (non-hydrogen) atoms. The molecule has 114 valence electrons. The van der Waals surface area contributed by atoms with Gasteiger partial charge in [0, 0.05) is 0 Å². The first kappa shape index (κ1) is 15.2. The first-order valence-corrected chi connectivity index (χ1v) is 7.32. The summed E-state index contributed by atoms with van der Waals surface area (Å²) >= 11 is 17.2. The molecule has 1 saturated heterocycles. The Morgan fingerprint density at radius 2 is 1.90 bits per heavy atom. The van der Waals surface area contributed by atoms with Gasteiger partial charge in [0.2, 0.25) is 0 Å². The summed E-state index contributed by atoms with van der Waals surface area (Å²) in [6, 6.07) is 3.22. The van der Waals surface area contributed by atoms with E-state index in [1.54, 1.807) is 12.1 Å². The van der Waals surface area contributed by atoms with Crippen molar-refractivity contribution in [1.29, 1.82) is 0 Å². The van der Waals surface area contributed by atoms with Gasteiger partial charge in [0.25, 0.3) is 0 Å². The molecular formula is C12H12Cl2N2O4S. The van der Waals surface area contributed by atoms with Gasteiger partial charge in [-0.2, -0.15) is 0 Å². The Morgan fingerprint density at radius 1 is 1.24 bits per heavy atom. The number of hydrogen-bond acceptors (Lipinski definition) is 5. The zero-order valence-electron chi connectivity index (χ0n) is 10.5. The third-order valence-electron chi connectivity index (χ3n) is 3.53. The molecule has 4 atom stereocenters. The molecule has 0 spiro atoms. The van der Waals surface area contributed by atoms with E-state index in [1.807, 2.05) is 0 Å². The molecule has 1 aromatic heterocycles. The first-order valence-electron chi connectivity index (χ1n) is 6.15. The number of aromatic nitrogens is 2. The lowest BCUT2D eigenvalue weighted by Gasteiger charge is -2.17. The Hall–Kier alpha value is -0.670. The number of aliphatic hydroxyl groups excluding tert-OH is 3. The second-order valence-corrected chi connectivity index (χ2v) is 6.01. The topological polar surface area (TPSA) is 90.6 Å². The van der Waals surface area contributed by atoms with Crippen molar-refractivity contribution in [2.24, 2.45) is 0 Å². The fourth-order valence-corrected chi connectivity index (χ4v) is 3.10. The maximum Gasteiger partial charge on any atom is 0.180 e. The van der Waals surface area contributed by atoms with Crippen LogP contribution in [0.4, 0.5) is 0 Å². The second kappa shape index (κ2) is 5.51. The van der Waals surface area contributed by atoms with E-state index in [1.165, 1.54) is 4.57 Å². The molecule has 4 N–H and O–H groups in total. The Kier molecular flexibility index (Phi) is 4.00. The van der Waals surface area contributed by atoms with Gasteiger partial charge in [-0.1, -0.05) is 23.2 Å². The van der Waals surface area contributed by atoms with E-state index in [4.69, 9.17) is 45.3 Å². The summed E-state index contributed by atoms with van der Waals surface area (Å²) in [5.41, 5.74) is 1.22. The maximum absolute atomic E-state index is 10.1. The van der Waals surface area contributed by atoms with Gasteiger partial charge >= 0.3 is 0 Å². The number of nitrogens with zero attached hydrogens (tertiary/aromatic N) is 1. The van der Waals surface area contributed by atoms with Crippen LogP contribution in [-0.2, 0) is 4.74 Å². The summed E-state index contributed by atoms with van der Waals surface area (Å²) in [5.74, 6) is 0. The van der Waals surface area contributed by atoms with Gasteiger partial charge in [0.15, 0.2) is 11.0 Å². The van der Waals surface area contributed by atoms with E-state index >= 15 is 0 Å². The molecule has 6 nitrogen and oxygen atoms in total. The number of benzene rings is 1. The molecule has 0 bridgehead atoms. The second-order valence-electron chi connectivity index (χ2n) is 4.81. The van der Waals surface area contributed by atoms with E-state index in [-0.39, 0.29) is 4.77 Å². The monoisotopic (exact) mass is 350 g/mol. The number of rotatable bonds is 2. The predicted octanol–water partition coefficient (Wildman–Crippen LogP) is 1.62. The summed E-state index contributed by atoms with van der Waals surface area (Å²) in [5, 5.41) is 29.8. The lowest BCUT2D eigenvalue weighted by atomic mass is 10.1. The molecule has 1 aliphatic rings. The fraction of sp³-hybridized carbons (Fsp3) is 0.417. The molecule has 3 rings (SSSR count). The Bertz CT molecular complexity index is 747. The van der Waals surface area contributed by atoms with E-state index in [9.17, 15) is 10.2 Å². The number of halogens is 2. The summed E-state index contributed by atoms with van der Waals surface area (Å²) < 4.78 is 7.29. The van der Waals surface area contributed by atoms with Crippen molar-refractivity contribution in [3.05, 3.63) is 26.9 Å². The van der Waals surface area contributed by atoms with Crippen LogP contribution in [-0.4, -0.2) is 49.8 Å². The quantitative estimate of drug-likeness (QED) is 0.618.